The molecule has 0 amide bonds. The summed E-state index contributed by atoms with van der Waals surface area (Å²) in [5, 5.41) is 9.57. The first-order chi connectivity index (χ1) is 5.55. The molecule has 0 aliphatic heterocycles. The molecule has 1 N–H and O–H groups in total. The molecule has 0 saturated carbocycles. The van der Waals surface area contributed by atoms with E-state index in [1.165, 1.54) is 0 Å². The fraction of sp³-hybridized carbons (Fsp3) is 1.00. The van der Waals surface area contributed by atoms with Crippen molar-refractivity contribution in [3.8, 4) is 0 Å². The molecule has 0 saturated heterocycles. The third-order valence-electron chi connectivity index (χ3n) is 1.88. The van der Waals surface area contributed by atoms with Gasteiger partial charge in [0.05, 0.1) is 12.7 Å². The highest BCUT2D eigenvalue weighted by atomic mass is 16.6. The Bertz CT molecular complexity index is 117. The fourth-order valence-electron chi connectivity index (χ4n) is 0.863. The van der Waals surface area contributed by atoms with Crippen LogP contribution in [-0.4, -0.2) is 31.7 Å². The minimum atomic E-state index is -1.01. The van der Waals surface area contributed by atoms with E-state index in [0.29, 0.717) is 13.0 Å². The molecule has 0 aromatic heterocycles. The van der Waals surface area contributed by atoms with Gasteiger partial charge in [0.15, 0.2) is 5.79 Å². The van der Waals surface area contributed by atoms with Gasteiger partial charge in [-0.1, -0.05) is 13.8 Å². The third-order valence-corrected chi connectivity index (χ3v) is 1.88. The van der Waals surface area contributed by atoms with Gasteiger partial charge >= 0.3 is 0 Å². The maximum atomic E-state index is 9.57. The molecule has 0 aliphatic carbocycles. The van der Waals surface area contributed by atoms with Crippen LogP contribution in [0.15, 0.2) is 0 Å². The largest absolute Gasteiger partial charge is 0.441 e. The smallest absolute Gasteiger partial charge is 0.257 e. The van der Waals surface area contributed by atoms with E-state index in [0.717, 1.165) is 6.42 Å². The Morgan fingerprint density at radius 2 is 2.08 bits per heavy atom. The average molecular weight is 174 g/mol. The highest BCUT2D eigenvalue weighted by Gasteiger charge is 2.22. The van der Waals surface area contributed by atoms with Crippen LogP contribution in [0, 0.1) is 0 Å². The normalized spacial score (nSPS) is 18.7. The quantitative estimate of drug-likeness (QED) is 0.469. The first kappa shape index (κ1) is 11.9. The summed E-state index contributed by atoms with van der Waals surface area (Å²) in [6.45, 7) is 6.10. The van der Waals surface area contributed by atoms with Crippen molar-refractivity contribution in [3.05, 3.63) is 0 Å². The van der Waals surface area contributed by atoms with Crippen LogP contribution < -0.4 is 0 Å². The highest BCUT2D eigenvalue weighted by molar-refractivity contribution is 5.97. The van der Waals surface area contributed by atoms with E-state index in [1.54, 1.807) is 15.0 Å². The lowest BCUT2D eigenvalue weighted by Gasteiger charge is -2.27. The summed E-state index contributed by atoms with van der Waals surface area (Å²) in [5.41, 5.74) is 0. The van der Waals surface area contributed by atoms with Crippen molar-refractivity contribution >= 4 is 8.05 Å². The number of hydrogen-bond acceptors (Lipinski definition) is 3. The number of hydrogen-bond donors (Lipinski definition) is 1. The lowest BCUT2D eigenvalue weighted by Crippen LogP contribution is -2.34. The summed E-state index contributed by atoms with van der Waals surface area (Å²) < 4.78 is 10.4. The molecule has 0 rings (SSSR count). The van der Waals surface area contributed by atoms with Crippen LogP contribution in [0.5, 0.6) is 0 Å². The first-order valence-electron chi connectivity index (χ1n) is 4.44. The molecular formula is C8H19BO3. The van der Waals surface area contributed by atoms with Crippen LogP contribution in [-0.2, 0) is 9.39 Å². The molecule has 0 aromatic carbocycles. The van der Waals surface area contributed by atoms with Crippen molar-refractivity contribution in [2.24, 2.45) is 0 Å². The van der Waals surface area contributed by atoms with Crippen LogP contribution in [0.3, 0.4) is 0 Å². The average Bonchev–Trinajstić information content (AvgIpc) is 2.03. The van der Waals surface area contributed by atoms with E-state index in [9.17, 15) is 5.11 Å². The maximum absolute atomic E-state index is 9.57. The van der Waals surface area contributed by atoms with Gasteiger partial charge in [-0.3, -0.25) is 0 Å². The highest BCUT2D eigenvalue weighted by Crippen LogP contribution is 2.15. The summed E-state index contributed by atoms with van der Waals surface area (Å²) in [4.78, 5) is 0. The Morgan fingerprint density at radius 3 is 2.42 bits per heavy atom. The van der Waals surface area contributed by atoms with Gasteiger partial charge in [0.1, 0.15) is 0 Å². The Morgan fingerprint density at radius 1 is 1.50 bits per heavy atom. The first-order valence-corrected chi connectivity index (χ1v) is 4.44. The van der Waals surface area contributed by atoms with Crippen LogP contribution in [0.1, 0.15) is 33.6 Å². The molecule has 2 atom stereocenters. The molecule has 12 heavy (non-hydrogen) atoms. The van der Waals surface area contributed by atoms with Crippen molar-refractivity contribution in [3.63, 3.8) is 0 Å². The zero-order valence-corrected chi connectivity index (χ0v) is 8.46. The zero-order chi connectivity index (χ0) is 9.61. The second-order valence-corrected chi connectivity index (χ2v) is 3.13. The lowest BCUT2D eigenvalue weighted by atomic mass is 10.2. The molecule has 0 fully saturated rings. The van der Waals surface area contributed by atoms with E-state index < -0.39 is 5.79 Å². The third kappa shape index (κ3) is 4.75. The minimum absolute atomic E-state index is 0.00931. The van der Waals surface area contributed by atoms with Crippen molar-refractivity contribution in [2.75, 3.05) is 6.61 Å². The zero-order valence-electron chi connectivity index (χ0n) is 8.46. The van der Waals surface area contributed by atoms with Crippen LogP contribution in [0.25, 0.3) is 0 Å². The maximum Gasteiger partial charge on any atom is 0.257 e. The van der Waals surface area contributed by atoms with Crippen molar-refractivity contribution < 1.29 is 14.5 Å². The molecule has 0 bridgehead atoms. The molecular weight excluding hydrogens is 155 g/mol. The predicted octanol–water partition coefficient (Wildman–Crippen LogP) is 0.465. The molecule has 0 radical (unpaired) electrons. The van der Waals surface area contributed by atoms with Gasteiger partial charge in [-0.15, -0.1) is 0 Å². The molecule has 0 aliphatic rings. The van der Waals surface area contributed by atoms with E-state index >= 15 is 0 Å². The van der Waals surface area contributed by atoms with Crippen LogP contribution >= 0.6 is 0 Å². The van der Waals surface area contributed by atoms with E-state index in [4.69, 9.17) is 9.39 Å². The van der Waals surface area contributed by atoms with Crippen LogP contribution in [0.4, 0.5) is 0 Å². The summed E-state index contributed by atoms with van der Waals surface area (Å²) in [7, 11) is 1.63. The minimum Gasteiger partial charge on any atom is -0.441 e. The molecule has 0 spiro atoms. The standard InChI is InChI=1S/C8H19BO3/c1-4-7(6-11-9)12-8(3,10)5-2/h7,10H,4-6,9H2,1-3H3. The topological polar surface area (TPSA) is 38.7 Å². The number of rotatable bonds is 6. The monoisotopic (exact) mass is 174 g/mol. The predicted molar refractivity (Wildman–Crippen MR) is 50.6 cm³/mol. The van der Waals surface area contributed by atoms with Gasteiger partial charge in [0, 0.05) is 0 Å². The Kier molecular flexibility index (Phi) is 5.54. The second-order valence-electron chi connectivity index (χ2n) is 3.13. The van der Waals surface area contributed by atoms with E-state index in [-0.39, 0.29) is 6.10 Å². The van der Waals surface area contributed by atoms with Gasteiger partial charge < -0.3 is 14.5 Å². The number of ether oxygens (including phenoxy) is 1. The summed E-state index contributed by atoms with van der Waals surface area (Å²) >= 11 is 0. The van der Waals surface area contributed by atoms with Crippen molar-refractivity contribution in [1.29, 1.82) is 0 Å². The summed E-state index contributed by atoms with van der Waals surface area (Å²) in [6.07, 6.45) is 1.43. The van der Waals surface area contributed by atoms with Gasteiger partial charge in [-0.25, -0.2) is 0 Å². The SMILES string of the molecule is BOCC(CC)OC(C)(O)CC. The molecule has 0 heterocycles. The van der Waals surface area contributed by atoms with Gasteiger partial charge in [0.25, 0.3) is 8.05 Å². The van der Waals surface area contributed by atoms with Gasteiger partial charge in [-0.05, 0) is 19.8 Å². The molecule has 0 aromatic rings. The van der Waals surface area contributed by atoms with Crippen molar-refractivity contribution in [1.82, 2.24) is 0 Å². The Labute approximate surface area is 75.5 Å². The Hall–Kier alpha value is -0.0551. The Balaban J connectivity index is 3.83. The molecule has 4 heteroatoms. The van der Waals surface area contributed by atoms with Gasteiger partial charge in [0.2, 0.25) is 0 Å². The van der Waals surface area contributed by atoms with E-state index in [1.807, 2.05) is 13.8 Å². The number of aliphatic hydroxyl groups is 1. The summed E-state index contributed by atoms with van der Waals surface area (Å²) in [6, 6.07) is 0. The summed E-state index contributed by atoms with van der Waals surface area (Å²) in [5.74, 6) is -1.01. The van der Waals surface area contributed by atoms with Crippen molar-refractivity contribution in [2.45, 2.75) is 45.5 Å². The second kappa shape index (κ2) is 5.57. The molecule has 2 unspecified atom stereocenters. The van der Waals surface area contributed by atoms with Crippen LogP contribution in [0.2, 0.25) is 0 Å². The molecule has 3 nitrogen and oxygen atoms in total. The fourth-order valence-corrected chi connectivity index (χ4v) is 0.863. The molecule has 72 valence electrons. The van der Waals surface area contributed by atoms with E-state index in [2.05, 4.69) is 0 Å². The lowest BCUT2D eigenvalue weighted by molar-refractivity contribution is -0.224. The van der Waals surface area contributed by atoms with Gasteiger partial charge in [-0.2, -0.15) is 0 Å².